The molecule has 1 atom stereocenters. The molecule has 0 aliphatic rings. The van der Waals surface area contributed by atoms with Crippen LogP contribution in [-0.4, -0.2) is 48.2 Å². The summed E-state index contributed by atoms with van der Waals surface area (Å²) in [7, 11) is 2.11. The Balaban J connectivity index is 4.02. The Hall–Kier alpha value is -0.610. The number of nitrogens with one attached hydrogen (secondary N) is 1. The van der Waals surface area contributed by atoms with E-state index in [0.29, 0.717) is 6.42 Å². The van der Waals surface area contributed by atoms with Crippen molar-refractivity contribution in [3.05, 3.63) is 0 Å². The highest BCUT2D eigenvalue weighted by atomic mass is 16.4. The fourth-order valence-corrected chi connectivity index (χ4v) is 1.96. The molecular weight excluding hydrogens is 240 g/mol. The summed E-state index contributed by atoms with van der Waals surface area (Å²) in [4.78, 5) is 13.6. The molecule has 19 heavy (non-hydrogen) atoms. The molecule has 0 saturated heterocycles. The molecule has 1 unspecified atom stereocenters. The molecule has 4 nitrogen and oxygen atoms in total. The molecule has 0 radical (unpaired) electrons. The van der Waals surface area contributed by atoms with E-state index >= 15 is 0 Å². The minimum atomic E-state index is -0.783. The topological polar surface area (TPSA) is 52.6 Å². The molecule has 0 aromatic heterocycles. The maximum absolute atomic E-state index is 11.3. The number of rotatable bonds is 11. The smallest absolute Gasteiger partial charge is 0.323 e. The highest BCUT2D eigenvalue weighted by molar-refractivity contribution is 5.78. The lowest BCUT2D eigenvalue weighted by Crippen LogP contribution is -2.50. The summed E-state index contributed by atoms with van der Waals surface area (Å²) in [6, 6.07) is 0. The summed E-state index contributed by atoms with van der Waals surface area (Å²) in [5.74, 6) is -0.0243. The van der Waals surface area contributed by atoms with Gasteiger partial charge in [-0.1, -0.05) is 20.8 Å². The van der Waals surface area contributed by atoms with Crippen LogP contribution in [0.5, 0.6) is 0 Å². The minimum absolute atomic E-state index is 0.675. The van der Waals surface area contributed by atoms with Crippen LogP contribution in [-0.2, 0) is 4.79 Å². The van der Waals surface area contributed by atoms with E-state index in [2.05, 4.69) is 38.0 Å². The number of carboxylic acid groups (broad SMARTS) is 1. The van der Waals surface area contributed by atoms with Crippen LogP contribution in [0, 0.1) is 5.92 Å². The van der Waals surface area contributed by atoms with Crippen LogP contribution in [0.4, 0.5) is 0 Å². The third-order valence-corrected chi connectivity index (χ3v) is 3.54. The molecule has 0 amide bonds. The lowest BCUT2D eigenvalue weighted by atomic mass is 9.95. The Morgan fingerprint density at radius 2 is 2.00 bits per heavy atom. The third kappa shape index (κ3) is 8.22. The van der Waals surface area contributed by atoms with E-state index in [-0.39, 0.29) is 0 Å². The van der Waals surface area contributed by atoms with E-state index in [0.717, 1.165) is 38.4 Å². The Bertz CT molecular complexity index is 257. The van der Waals surface area contributed by atoms with Gasteiger partial charge in [-0.15, -0.1) is 0 Å². The summed E-state index contributed by atoms with van der Waals surface area (Å²) in [5, 5.41) is 12.5. The highest BCUT2D eigenvalue weighted by Crippen LogP contribution is 2.13. The second-order valence-electron chi connectivity index (χ2n) is 6.15. The number of aliphatic carboxylic acids is 1. The maximum atomic E-state index is 11.3. The van der Waals surface area contributed by atoms with Gasteiger partial charge < -0.3 is 15.3 Å². The fraction of sp³-hybridized carbons (Fsp3) is 0.933. The first-order chi connectivity index (χ1) is 8.81. The summed E-state index contributed by atoms with van der Waals surface area (Å²) >= 11 is 0. The van der Waals surface area contributed by atoms with Gasteiger partial charge in [0.25, 0.3) is 0 Å². The lowest BCUT2D eigenvalue weighted by molar-refractivity contribution is -0.144. The zero-order chi connectivity index (χ0) is 14.9. The first kappa shape index (κ1) is 18.4. The predicted octanol–water partition coefficient (Wildman–Crippen LogP) is 2.59. The average Bonchev–Trinajstić information content (AvgIpc) is 2.33. The van der Waals surface area contributed by atoms with Crippen LogP contribution in [0.15, 0.2) is 0 Å². The molecule has 0 spiro atoms. The Kier molecular flexibility index (Phi) is 9.02. The molecule has 0 saturated carbocycles. The molecule has 0 bridgehead atoms. The van der Waals surface area contributed by atoms with E-state index < -0.39 is 11.5 Å². The quantitative estimate of drug-likeness (QED) is 0.607. The van der Waals surface area contributed by atoms with E-state index in [1.807, 2.05) is 0 Å². The largest absolute Gasteiger partial charge is 0.480 e. The Morgan fingerprint density at radius 1 is 1.37 bits per heavy atom. The first-order valence-corrected chi connectivity index (χ1v) is 7.48. The van der Waals surface area contributed by atoms with Crippen LogP contribution < -0.4 is 5.32 Å². The number of hydrogen-bond donors (Lipinski definition) is 2. The minimum Gasteiger partial charge on any atom is -0.480 e. The first-order valence-electron chi connectivity index (χ1n) is 7.48. The SMILES string of the molecule is CCCNC(C)(CCCN(C)CCC(C)C)C(=O)O. The number of carbonyl (C=O) groups is 1. The predicted molar refractivity (Wildman–Crippen MR) is 80.5 cm³/mol. The number of nitrogens with zero attached hydrogens (tertiary/aromatic N) is 1. The summed E-state index contributed by atoms with van der Waals surface area (Å²) in [5.41, 5.74) is -0.783. The summed E-state index contributed by atoms with van der Waals surface area (Å²) in [6.45, 7) is 11.1. The van der Waals surface area contributed by atoms with Gasteiger partial charge in [-0.3, -0.25) is 4.79 Å². The van der Waals surface area contributed by atoms with Crippen LogP contribution in [0.1, 0.15) is 53.4 Å². The summed E-state index contributed by atoms with van der Waals surface area (Å²) in [6.07, 6.45) is 3.74. The standard InChI is InChI=1S/C15H32N2O2/c1-6-10-16-15(4,14(18)19)9-7-11-17(5)12-8-13(2)3/h13,16H,6-12H2,1-5H3,(H,18,19). The zero-order valence-corrected chi connectivity index (χ0v) is 13.3. The second kappa shape index (κ2) is 9.32. The molecule has 0 rings (SSSR count). The molecule has 0 aliphatic heterocycles. The highest BCUT2D eigenvalue weighted by Gasteiger charge is 2.31. The van der Waals surface area contributed by atoms with Gasteiger partial charge in [0.1, 0.15) is 5.54 Å². The van der Waals surface area contributed by atoms with Gasteiger partial charge in [-0.25, -0.2) is 0 Å². The van der Waals surface area contributed by atoms with E-state index in [9.17, 15) is 9.90 Å². The molecule has 0 aromatic carbocycles. The molecule has 0 fully saturated rings. The van der Waals surface area contributed by atoms with E-state index in [1.165, 1.54) is 6.42 Å². The van der Waals surface area contributed by atoms with Crippen molar-refractivity contribution in [2.75, 3.05) is 26.7 Å². The molecule has 2 N–H and O–H groups in total. The molecule has 0 heterocycles. The monoisotopic (exact) mass is 272 g/mol. The van der Waals surface area contributed by atoms with Crippen molar-refractivity contribution < 1.29 is 9.90 Å². The van der Waals surface area contributed by atoms with E-state index in [1.54, 1.807) is 6.92 Å². The van der Waals surface area contributed by atoms with Crippen LogP contribution in [0.25, 0.3) is 0 Å². The van der Waals surface area contributed by atoms with Crippen LogP contribution in [0.2, 0.25) is 0 Å². The lowest BCUT2D eigenvalue weighted by Gasteiger charge is -2.27. The number of hydrogen-bond acceptors (Lipinski definition) is 3. The van der Waals surface area contributed by atoms with Crippen molar-refractivity contribution in [3.8, 4) is 0 Å². The molecule has 114 valence electrons. The maximum Gasteiger partial charge on any atom is 0.323 e. The molecule has 0 aromatic rings. The van der Waals surface area contributed by atoms with Crippen molar-refractivity contribution in [2.45, 2.75) is 58.9 Å². The van der Waals surface area contributed by atoms with Crippen molar-refractivity contribution in [1.82, 2.24) is 10.2 Å². The fourth-order valence-electron chi connectivity index (χ4n) is 1.96. The zero-order valence-electron chi connectivity index (χ0n) is 13.3. The van der Waals surface area contributed by atoms with Gasteiger partial charge in [0.05, 0.1) is 0 Å². The molecule has 0 aliphatic carbocycles. The third-order valence-electron chi connectivity index (χ3n) is 3.54. The van der Waals surface area contributed by atoms with Crippen molar-refractivity contribution in [1.29, 1.82) is 0 Å². The summed E-state index contributed by atoms with van der Waals surface area (Å²) < 4.78 is 0. The van der Waals surface area contributed by atoms with Crippen molar-refractivity contribution >= 4 is 5.97 Å². The van der Waals surface area contributed by atoms with Crippen LogP contribution >= 0.6 is 0 Å². The average molecular weight is 272 g/mol. The van der Waals surface area contributed by atoms with Gasteiger partial charge in [-0.05, 0) is 65.2 Å². The normalized spacial score (nSPS) is 14.9. The Morgan fingerprint density at radius 3 is 2.47 bits per heavy atom. The molecular formula is C15H32N2O2. The van der Waals surface area contributed by atoms with Gasteiger partial charge in [-0.2, -0.15) is 0 Å². The van der Waals surface area contributed by atoms with Gasteiger partial charge in [0, 0.05) is 0 Å². The Labute approximate surface area is 118 Å². The molecule has 4 heteroatoms. The van der Waals surface area contributed by atoms with Gasteiger partial charge in [0.15, 0.2) is 0 Å². The second-order valence-corrected chi connectivity index (χ2v) is 6.15. The van der Waals surface area contributed by atoms with E-state index in [4.69, 9.17) is 0 Å². The van der Waals surface area contributed by atoms with Gasteiger partial charge >= 0.3 is 5.97 Å². The van der Waals surface area contributed by atoms with Gasteiger partial charge in [0.2, 0.25) is 0 Å². The van der Waals surface area contributed by atoms with Crippen molar-refractivity contribution in [3.63, 3.8) is 0 Å². The van der Waals surface area contributed by atoms with Crippen molar-refractivity contribution in [2.24, 2.45) is 5.92 Å². The van der Waals surface area contributed by atoms with Crippen LogP contribution in [0.3, 0.4) is 0 Å². The number of carboxylic acids is 1.